The molecule has 5 rings (SSSR count). The Morgan fingerprint density at radius 1 is 1.03 bits per heavy atom. The Bertz CT molecular complexity index is 1150. The van der Waals surface area contributed by atoms with Gasteiger partial charge in [0.2, 0.25) is 0 Å². The molecule has 1 unspecified atom stereocenters. The number of aromatic nitrogens is 2. The summed E-state index contributed by atoms with van der Waals surface area (Å²) >= 11 is 0. The van der Waals surface area contributed by atoms with E-state index < -0.39 is 0 Å². The average molecular weight is 427 g/mol. The van der Waals surface area contributed by atoms with Crippen LogP contribution in [0.4, 0.5) is 0 Å². The Kier molecular flexibility index (Phi) is 5.85. The first kappa shape index (κ1) is 20.3. The first-order valence-corrected chi connectivity index (χ1v) is 11.0. The fraction of sp³-hybridized carbons (Fsp3) is 0.231. The molecule has 6 nitrogen and oxygen atoms in total. The van der Waals surface area contributed by atoms with Crippen molar-refractivity contribution < 1.29 is 9.21 Å². The van der Waals surface area contributed by atoms with Gasteiger partial charge in [-0.1, -0.05) is 48.5 Å². The summed E-state index contributed by atoms with van der Waals surface area (Å²) in [5.41, 5.74) is 3.60. The number of hydrogen-bond donors (Lipinski definition) is 2. The third-order valence-corrected chi connectivity index (χ3v) is 5.71. The van der Waals surface area contributed by atoms with Crippen molar-refractivity contribution in [3.8, 4) is 5.69 Å². The van der Waals surface area contributed by atoms with Gasteiger partial charge in [-0.15, -0.1) is 0 Å². The smallest absolute Gasteiger partial charge is 0.270 e. The monoisotopic (exact) mass is 426 g/mol. The molecular formula is C26H26N4O2. The minimum atomic E-state index is -0.148. The van der Waals surface area contributed by atoms with Crippen molar-refractivity contribution in [2.24, 2.45) is 0 Å². The van der Waals surface area contributed by atoms with E-state index in [1.54, 1.807) is 10.9 Å². The fourth-order valence-corrected chi connectivity index (χ4v) is 3.79. The average Bonchev–Trinajstić information content (AvgIpc) is 3.36. The van der Waals surface area contributed by atoms with Crippen LogP contribution < -0.4 is 10.6 Å². The molecule has 1 aliphatic carbocycles. The molecule has 1 saturated carbocycles. The standard InChI is InChI=1S/C26H26N4O2/c31-26(24-16-22(20-13-14-20)29-30(24)21-10-5-2-6-11-21)28-18-23(25-12-7-15-32-25)27-17-19-8-3-1-4-9-19/h1-12,15-16,20,23,27H,13-14,17-18H2,(H,28,31). The molecule has 1 aliphatic rings. The van der Waals surface area contributed by atoms with Crippen LogP contribution in [0.5, 0.6) is 0 Å². The Morgan fingerprint density at radius 2 is 1.78 bits per heavy atom. The highest BCUT2D eigenvalue weighted by atomic mass is 16.3. The van der Waals surface area contributed by atoms with Gasteiger partial charge in [-0.05, 0) is 48.7 Å². The highest BCUT2D eigenvalue weighted by molar-refractivity contribution is 5.93. The van der Waals surface area contributed by atoms with Gasteiger partial charge in [-0.25, -0.2) is 4.68 Å². The Balaban J connectivity index is 1.32. The molecule has 2 aromatic carbocycles. The topological polar surface area (TPSA) is 72.1 Å². The number of furan rings is 1. The van der Waals surface area contributed by atoms with E-state index in [1.807, 2.05) is 66.7 Å². The summed E-state index contributed by atoms with van der Waals surface area (Å²) in [6, 6.07) is 25.5. The van der Waals surface area contributed by atoms with Gasteiger partial charge < -0.3 is 15.1 Å². The second kappa shape index (κ2) is 9.24. The molecule has 2 N–H and O–H groups in total. The van der Waals surface area contributed by atoms with Crippen LogP contribution in [0.3, 0.4) is 0 Å². The zero-order valence-corrected chi connectivity index (χ0v) is 17.8. The number of benzene rings is 2. The summed E-state index contributed by atoms with van der Waals surface area (Å²) in [6.07, 6.45) is 3.93. The van der Waals surface area contributed by atoms with Gasteiger partial charge in [0.05, 0.1) is 23.7 Å². The van der Waals surface area contributed by atoms with Crippen molar-refractivity contribution in [3.05, 3.63) is 108 Å². The summed E-state index contributed by atoms with van der Waals surface area (Å²) in [7, 11) is 0. The second-order valence-corrected chi connectivity index (χ2v) is 8.12. The van der Waals surface area contributed by atoms with Crippen molar-refractivity contribution in [3.63, 3.8) is 0 Å². The lowest BCUT2D eigenvalue weighted by Crippen LogP contribution is -2.35. The molecule has 1 atom stereocenters. The minimum absolute atomic E-state index is 0.147. The van der Waals surface area contributed by atoms with Crippen molar-refractivity contribution in [1.29, 1.82) is 0 Å². The van der Waals surface area contributed by atoms with E-state index >= 15 is 0 Å². The predicted molar refractivity (Wildman–Crippen MR) is 123 cm³/mol. The van der Waals surface area contributed by atoms with Gasteiger partial charge in [-0.3, -0.25) is 4.79 Å². The molecule has 2 aromatic heterocycles. The van der Waals surface area contributed by atoms with Crippen molar-refractivity contribution in [2.45, 2.75) is 31.3 Å². The number of rotatable bonds is 9. The van der Waals surface area contributed by atoms with E-state index in [9.17, 15) is 4.79 Å². The number of amides is 1. The van der Waals surface area contributed by atoms with Crippen molar-refractivity contribution >= 4 is 5.91 Å². The van der Waals surface area contributed by atoms with Gasteiger partial charge >= 0.3 is 0 Å². The SMILES string of the molecule is O=C(NCC(NCc1ccccc1)c1ccco1)c1cc(C2CC2)nn1-c1ccccc1. The van der Waals surface area contributed by atoms with Crippen LogP contribution in [-0.4, -0.2) is 22.2 Å². The molecule has 0 aliphatic heterocycles. The van der Waals surface area contributed by atoms with Crippen LogP contribution >= 0.6 is 0 Å². The maximum Gasteiger partial charge on any atom is 0.270 e. The van der Waals surface area contributed by atoms with Crippen LogP contribution in [0, 0.1) is 0 Å². The Hall–Kier alpha value is -3.64. The van der Waals surface area contributed by atoms with E-state index in [0.29, 0.717) is 24.7 Å². The zero-order chi connectivity index (χ0) is 21.8. The first-order valence-electron chi connectivity index (χ1n) is 11.0. The summed E-state index contributed by atoms with van der Waals surface area (Å²) in [6.45, 7) is 1.08. The van der Waals surface area contributed by atoms with Crippen LogP contribution in [0.25, 0.3) is 5.69 Å². The van der Waals surface area contributed by atoms with Gasteiger partial charge in [0.1, 0.15) is 11.5 Å². The molecule has 1 amide bonds. The van der Waals surface area contributed by atoms with Crippen molar-refractivity contribution in [1.82, 2.24) is 20.4 Å². The van der Waals surface area contributed by atoms with E-state index in [2.05, 4.69) is 22.8 Å². The quantitative estimate of drug-likeness (QED) is 0.410. The van der Waals surface area contributed by atoms with E-state index in [0.717, 1.165) is 30.0 Å². The maximum absolute atomic E-state index is 13.2. The van der Waals surface area contributed by atoms with Crippen LogP contribution in [0.2, 0.25) is 0 Å². The van der Waals surface area contributed by atoms with Crippen molar-refractivity contribution in [2.75, 3.05) is 6.54 Å². The molecule has 1 fully saturated rings. The second-order valence-electron chi connectivity index (χ2n) is 8.12. The summed E-state index contributed by atoms with van der Waals surface area (Å²) in [4.78, 5) is 13.2. The fourth-order valence-electron chi connectivity index (χ4n) is 3.79. The summed E-state index contributed by atoms with van der Waals surface area (Å²) in [5.74, 6) is 1.11. The van der Waals surface area contributed by atoms with E-state index in [-0.39, 0.29) is 11.9 Å². The molecule has 2 heterocycles. The number of para-hydroxylation sites is 1. The third-order valence-electron chi connectivity index (χ3n) is 5.71. The first-order chi connectivity index (χ1) is 15.8. The number of carbonyl (C=O) groups excluding carboxylic acids is 1. The summed E-state index contributed by atoms with van der Waals surface area (Å²) in [5, 5.41) is 11.3. The predicted octanol–water partition coefficient (Wildman–Crippen LogP) is 4.60. The molecule has 4 aromatic rings. The molecule has 0 bridgehead atoms. The molecular weight excluding hydrogens is 400 g/mol. The molecule has 0 saturated heterocycles. The summed E-state index contributed by atoms with van der Waals surface area (Å²) < 4.78 is 7.38. The molecule has 6 heteroatoms. The number of carbonyl (C=O) groups is 1. The lowest BCUT2D eigenvalue weighted by atomic mass is 10.1. The number of hydrogen-bond acceptors (Lipinski definition) is 4. The van der Waals surface area contributed by atoms with Gasteiger partial charge in [0.15, 0.2) is 0 Å². The number of nitrogens with one attached hydrogen (secondary N) is 2. The van der Waals surface area contributed by atoms with Gasteiger partial charge in [0.25, 0.3) is 5.91 Å². The third kappa shape index (κ3) is 4.65. The van der Waals surface area contributed by atoms with E-state index in [4.69, 9.17) is 9.52 Å². The Labute approximate surface area is 187 Å². The Morgan fingerprint density at radius 3 is 2.47 bits per heavy atom. The maximum atomic E-state index is 13.2. The largest absolute Gasteiger partial charge is 0.468 e. The number of nitrogens with zero attached hydrogens (tertiary/aromatic N) is 2. The van der Waals surface area contributed by atoms with Gasteiger partial charge in [0, 0.05) is 19.0 Å². The van der Waals surface area contributed by atoms with Crippen LogP contribution in [-0.2, 0) is 6.54 Å². The van der Waals surface area contributed by atoms with Crippen LogP contribution in [0.1, 0.15) is 52.3 Å². The minimum Gasteiger partial charge on any atom is -0.468 e. The molecule has 0 spiro atoms. The molecule has 0 radical (unpaired) electrons. The molecule has 162 valence electrons. The highest BCUT2D eigenvalue weighted by Crippen LogP contribution is 2.39. The van der Waals surface area contributed by atoms with Gasteiger partial charge in [-0.2, -0.15) is 5.10 Å². The normalized spacial score (nSPS) is 14.2. The molecule has 32 heavy (non-hydrogen) atoms. The van der Waals surface area contributed by atoms with E-state index in [1.165, 1.54) is 5.56 Å². The van der Waals surface area contributed by atoms with Crippen LogP contribution in [0.15, 0.2) is 89.5 Å². The highest BCUT2D eigenvalue weighted by Gasteiger charge is 2.29. The zero-order valence-electron chi connectivity index (χ0n) is 17.8. The lowest BCUT2D eigenvalue weighted by molar-refractivity contribution is 0.0940. The lowest BCUT2D eigenvalue weighted by Gasteiger charge is -2.18.